The smallest absolute Gasteiger partial charge is 0.311 e. The molecule has 1 fully saturated rings. The number of rotatable bonds is 4. The van der Waals surface area contributed by atoms with Crippen LogP contribution in [-0.4, -0.2) is 60.8 Å². The van der Waals surface area contributed by atoms with Crippen LogP contribution in [0.3, 0.4) is 0 Å². The van der Waals surface area contributed by atoms with Crippen LogP contribution in [0.2, 0.25) is 0 Å². The highest BCUT2D eigenvalue weighted by Gasteiger charge is 2.41. The normalized spacial score (nSPS) is 24.7. The number of aliphatic carboxylic acids is 1. The maximum atomic E-state index is 12.2. The molecule has 0 spiro atoms. The van der Waals surface area contributed by atoms with Gasteiger partial charge in [0.2, 0.25) is 5.91 Å². The predicted molar refractivity (Wildman–Crippen MR) is 61.6 cm³/mol. The summed E-state index contributed by atoms with van der Waals surface area (Å²) >= 11 is 0. The fourth-order valence-electron chi connectivity index (χ4n) is 1.86. The lowest BCUT2D eigenvalue weighted by Crippen LogP contribution is -2.56. The van der Waals surface area contributed by atoms with Gasteiger partial charge in [-0.25, -0.2) is 0 Å². The van der Waals surface area contributed by atoms with Gasteiger partial charge in [-0.2, -0.15) is 0 Å². The van der Waals surface area contributed by atoms with Gasteiger partial charge in [-0.05, 0) is 20.9 Å². The van der Waals surface area contributed by atoms with Crippen molar-refractivity contribution in [1.29, 1.82) is 0 Å². The molecule has 6 nitrogen and oxygen atoms in total. The summed E-state index contributed by atoms with van der Waals surface area (Å²) in [7, 11) is 3.32. The minimum Gasteiger partial charge on any atom is -0.481 e. The Morgan fingerprint density at radius 3 is 2.47 bits per heavy atom. The van der Waals surface area contributed by atoms with E-state index in [2.05, 4.69) is 5.32 Å². The van der Waals surface area contributed by atoms with Crippen LogP contribution in [0.4, 0.5) is 0 Å². The van der Waals surface area contributed by atoms with Crippen molar-refractivity contribution in [2.45, 2.75) is 25.4 Å². The first-order chi connectivity index (χ1) is 7.81. The van der Waals surface area contributed by atoms with Gasteiger partial charge in [-0.15, -0.1) is 0 Å². The third kappa shape index (κ3) is 2.76. The Morgan fingerprint density at radius 1 is 1.41 bits per heavy atom. The van der Waals surface area contributed by atoms with Gasteiger partial charge in [0, 0.05) is 7.05 Å². The fourth-order valence-corrected chi connectivity index (χ4v) is 1.86. The quantitative estimate of drug-likeness (QED) is 0.700. The highest BCUT2D eigenvalue weighted by molar-refractivity contribution is 5.86. The second-order valence-corrected chi connectivity index (χ2v) is 4.84. The van der Waals surface area contributed by atoms with E-state index in [1.54, 1.807) is 27.9 Å². The lowest BCUT2D eigenvalue weighted by atomic mass is 9.98. The topological polar surface area (TPSA) is 78.9 Å². The number of amides is 1. The van der Waals surface area contributed by atoms with E-state index in [0.29, 0.717) is 0 Å². The number of likely N-dealkylation sites (N-methyl/N-ethyl adjacent to an activating group) is 2. The molecule has 2 unspecified atom stereocenters. The van der Waals surface area contributed by atoms with Crippen LogP contribution in [0, 0.1) is 5.92 Å². The molecule has 0 aromatic rings. The molecule has 0 aliphatic carbocycles. The summed E-state index contributed by atoms with van der Waals surface area (Å²) in [4.78, 5) is 24.7. The van der Waals surface area contributed by atoms with E-state index < -0.39 is 23.5 Å². The van der Waals surface area contributed by atoms with Gasteiger partial charge in [0.1, 0.15) is 5.92 Å². The minimum absolute atomic E-state index is 0.137. The van der Waals surface area contributed by atoms with Gasteiger partial charge in [0.15, 0.2) is 0 Å². The molecule has 98 valence electrons. The molecule has 1 saturated heterocycles. The molecule has 17 heavy (non-hydrogen) atoms. The second kappa shape index (κ2) is 5.01. The maximum Gasteiger partial charge on any atom is 0.311 e. The number of hydrogen-bond acceptors (Lipinski definition) is 4. The highest BCUT2D eigenvalue weighted by Crippen LogP contribution is 2.21. The summed E-state index contributed by atoms with van der Waals surface area (Å²) in [6, 6.07) is -0.396. The summed E-state index contributed by atoms with van der Waals surface area (Å²) in [5, 5.41) is 12.0. The van der Waals surface area contributed by atoms with Crippen molar-refractivity contribution in [3.05, 3.63) is 0 Å². The minimum atomic E-state index is -0.922. The Kier molecular flexibility index (Phi) is 4.11. The lowest BCUT2D eigenvalue weighted by Gasteiger charge is -2.33. The van der Waals surface area contributed by atoms with Crippen LogP contribution in [0.1, 0.15) is 13.8 Å². The third-order valence-electron chi connectivity index (χ3n) is 3.35. The molecule has 0 bridgehead atoms. The van der Waals surface area contributed by atoms with Crippen molar-refractivity contribution in [1.82, 2.24) is 10.2 Å². The molecule has 2 atom stereocenters. The number of carbonyl (C=O) groups is 2. The van der Waals surface area contributed by atoms with Gasteiger partial charge in [-0.3, -0.25) is 9.59 Å². The number of carboxylic acid groups (broad SMARTS) is 1. The monoisotopic (exact) mass is 244 g/mol. The Hall–Kier alpha value is -1.14. The number of nitrogens with one attached hydrogen (secondary N) is 1. The van der Waals surface area contributed by atoms with Crippen molar-refractivity contribution >= 4 is 11.9 Å². The van der Waals surface area contributed by atoms with Gasteiger partial charge in [-0.1, -0.05) is 0 Å². The fraction of sp³-hybridized carbons (Fsp3) is 0.818. The molecular weight excluding hydrogens is 224 g/mol. The van der Waals surface area contributed by atoms with Crippen LogP contribution in [0.5, 0.6) is 0 Å². The van der Waals surface area contributed by atoms with E-state index >= 15 is 0 Å². The molecule has 1 amide bonds. The Labute approximate surface area is 101 Å². The zero-order valence-electron chi connectivity index (χ0n) is 10.7. The molecule has 0 aromatic carbocycles. The van der Waals surface area contributed by atoms with E-state index in [1.165, 1.54) is 4.90 Å². The van der Waals surface area contributed by atoms with Crippen LogP contribution in [0.15, 0.2) is 0 Å². The molecule has 1 heterocycles. The molecule has 2 N–H and O–H groups in total. The molecule has 6 heteroatoms. The molecule has 0 saturated carbocycles. The molecule has 1 aliphatic heterocycles. The standard InChI is InChI=1S/C11H20N2O4/c1-11(2,12-3)10(16)13(4)8-6-17-5-7(8)9(14)15/h7-8,12H,5-6H2,1-4H3,(H,14,15). The predicted octanol–water partition coefficient (Wildman–Crippen LogP) is -0.458. The molecule has 1 aliphatic rings. The number of ether oxygens (including phenoxy) is 1. The average Bonchev–Trinajstić information content (AvgIpc) is 2.75. The van der Waals surface area contributed by atoms with Crippen molar-refractivity contribution in [2.24, 2.45) is 5.92 Å². The van der Waals surface area contributed by atoms with Crippen molar-refractivity contribution in [2.75, 3.05) is 27.3 Å². The van der Waals surface area contributed by atoms with Crippen LogP contribution >= 0.6 is 0 Å². The number of nitrogens with zero attached hydrogens (tertiary/aromatic N) is 1. The summed E-state index contributed by atoms with van der Waals surface area (Å²) < 4.78 is 5.15. The zero-order chi connectivity index (χ0) is 13.2. The van der Waals surface area contributed by atoms with Crippen LogP contribution < -0.4 is 5.32 Å². The van der Waals surface area contributed by atoms with Gasteiger partial charge in [0.05, 0.1) is 24.8 Å². The number of carbonyl (C=O) groups excluding carboxylic acids is 1. The number of carboxylic acids is 1. The molecule has 0 aromatic heterocycles. The first kappa shape index (κ1) is 13.9. The summed E-state index contributed by atoms with van der Waals surface area (Å²) in [6.07, 6.45) is 0. The highest BCUT2D eigenvalue weighted by atomic mass is 16.5. The van der Waals surface area contributed by atoms with Gasteiger partial charge < -0.3 is 20.1 Å². The van der Waals surface area contributed by atoms with Crippen molar-refractivity contribution < 1.29 is 19.4 Å². The van der Waals surface area contributed by atoms with E-state index in [-0.39, 0.29) is 19.1 Å². The van der Waals surface area contributed by atoms with Crippen LogP contribution in [-0.2, 0) is 14.3 Å². The van der Waals surface area contributed by atoms with E-state index in [1.807, 2.05) is 0 Å². The summed E-state index contributed by atoms with van der Waals surface area (Å²) in [5.74, 6) is -1.70. The maximum absolute atomic E-state index is 12.2. The van der Waals surface area contributed by atoms with Gasteiger partial charge in [0.25, 0.3) is 0 Å². The summed E-state index contributed by atoms with van der Waals surface area (Å²) in [5.41, 5.74) is -0.708. The van der Waals surface area contributed by atoms with Crippen molar-refractivity contribution in [3.63, 3.8) is 0 Å². The lowest BCUT2D eigenvalue weighted by molar-refractivity contribution is -0.145. The average molecular weight is 244 g/mol. The Balaban J connectivity index is 2.79. The second-order valence-electron chi connectivity index (χ2n) is 4.84. The molecule has 1 rings (SSSR count). The largest absolute Gasteiger partial charge is 0.481 e. The third-order valence-corrected chi connectivity index (χ3v) is 3.35. The van der Waals surface area contributed by atoms with E-state index in [0.717, 1.165) is 0 Å². The van der Waals surface area contributed by atoms with Crippen LogP contribution in [0.25, 0.3) is 0 Å². The SMILES string of the molecule is CNC(C)(C)C(=O)N(C)C1COCC1C(=O)O. The first-order valence-electron chi connectivity index (χ1n) is 5.58. The number of hydrogen-bond donors (Lipinski definition) is 2. The van der Waals surface area contributed by atoms with Crippen molar-refractivity contribution in [3.8, 4) is 0 Å². The molecular formula is C11H20N2O4. The zero-order valence-corrected chi connectivity index (χ0v) is 10.7. The Morgan fingerprint density at radius 2 is 2.00 bits per heavy atom. The first-order valence-corrected chi connectivity index (χ1v) is 5.58. The van der Waals surface area contributed by atoms with E-state index in [9.17, 15) is 9.59 Å². The van der Waals surface area contributed by atoms with Gasteiger partial charge >= 0.3 is 5.97 Å². The summed E-state index contributed by atoms with van der Waals surface area (Å²) in [6.45, 7) is 3.96. The Bertz CT molecular complexity index is 317. The van der Waals surface area contributed by atoms with E-state index in [4.69, 9.17) is 9.84 Å². The molecule has 0 radical (unpaired) electrons.